The Balaban J connectivity index is 2.24. The lowest BCUT2D eigenvalue weighted by Crippen LogP contribution is -2.31. The van der Waals surface area contributed by atoms with E-state index in [9.17, 15) is 9.59 Å². The van der Waals surface area contributed by atoms with E-state index in [4.69, 9.17) is 16.3 Å². The normalized spacial score (nSPS) is 11.8. The van der Waals surface area contributed by atoms with Crippen LogP contribution in [0.15, 0.2) is 42.5 Å². The number of esters is 1. The first-order valence-corrected chi connectivity index (χ1v) is 7.41. The van der Waals surface area contributed by atoms with Crippen molar-refractivity contribution in [3.05, 3.63) is 57.2 Å². The van der Waals surface area contributed by atoms with Gasteiger partial charge in [-0.2, -0.15) is 0 Å². The molecule has 6 heteroatoms. The summed E-state index contributed by atoms with van der Waals surface area (Å²) in [5, 5.41) is 0. The third-order valence-electron chi connectivity index (χ3n) is 2.77. The van der Waals surface area contributed by atoms with Gasteiger partial charge in [-0.25, -0.2) is 4.79 Å². The highest BCUT2D eigenvalue weighted by molar-refractivity contribution is 7.17. The largest absolute Gasteiger partial charge is 0.443 e. The minimum Gasteiger partial charge on any atom is -0.443 e. The summed E-state index contributed by atoms with van der Waals surface area (Å²) in [4.78, 5) is 26.1. The van der Waals surface area contributed by atoms with Crippen LogP contribution in [-0.4, -0.2) is 30.9 Å². The van der Waals surface area contributed by atoms with Gasteiger partial charge in [0.25, 0.3) is 5.91 Å². The van der Waals surface area contributed by atoms with Gasteiger partial charge in [0, 0.05) is 19.7 Å². The second-order valence-corrected chi connectivity index (χ2v) is 6.25. The number of halogens is 1. The molecule has 0 aliphatic rings. The van der Waals surface area contributed by atoms with Crippen molar-refractivity contribution in [1.29, 1.82) is 0 Å². The maximum atomic E-state index is 12.2. The molecule has 0 N–H and O–H groups in total. The van der Waals surface area contributed by atoms with Crippen LogP contribution in [0.25, 0.3) is 0 Å². The predicted octanol–water partition coefficient (Wildman–Crippen LogP) is 3.39. The van der Waals surface area contributed by atoms with Crippen molar-refractivity contribution < 1.29 is 14.3 Å². The topological polar surface area (TPSA) is 46.6 Å². The van der Waals surface area contributed by atoms with Crippen LogP contribution >= 0.6 is 22.9 Å². The zero-order valence-electron chi connectivity index (χ0n) is 11.6. The summed E-state index contributed by atoms with van der Waals surface area (Å²) in [6.07, 6.45) is -0.963. The van der Waals surface area contributed by atoms with Gasteiger partial charge in [-0.05, 0) is 12.1 Å². The fourth-order valence-corrected chi connectivity index (χ4v) is 2.64. The number of thiophene rings is 1. The van der Waals surface area contributed by atoms with E-state index in [-0.39, 0.29) is 5.91 Å². The Morgan fingerprint density at radius 3 is 2.33 bits per heavy atom. The summed E-state index contributed by atoms with van der Waals surface area (Å²) in [5.74, 6) is -0.854. The molecule has 0 fully saturated rings. The molecule has 1 aromatic heterocycles. The number of nitrogens with zero attached hydrogens (tertiary/aromatic N) is 1. The van der Waals surface area contributed by atoms with Crippen LogP contribution in [-0.2, 0) is 9.53 Å². The Morgan fingerprint density at radius 1 is 1.14 bits per heavy atom. The fourth-order valence-electron chi connectivity index (χ4n) is 1.71. The van der Waals surface area contributed by atoms with Crippen LogP contribution < -0.4 is 0 Å². The number of hydrogen-bond donors (Lipinski definition) is 0. The highest BCUT2D eigenvalue weighted by Gasteiger charge is 2.27. The molecule has 1 amide bonds. The van der Waals surface area contributed by atoms with Gasteiger partial charge in [0.15, 0.2) is 0 Å². The number of amides is 1. The van der Waals surface area contributed by atoms with Gasteiger partial charge >= 0.3 is 5.97 Å². The van der Waals surface area contributed by atoms with Crippen LogP contribution in [0.3, 0.4) is 0 Å². The number of likely N-dealkylation sites (N-methyl/N-ethyl adjacent to an activating group) is 1. The lowest BCUT2D eigenvalue weighted by molar-refractivity contribution is -0.138. The van der Waals surface area contributed by atoms with Crippen LogP contribution in [0.4, 0.5) is 0 Å². The minimum atomic E-state index is -0.963. The number of carbonyl (C=O) groups excluding carboxylic acids is 2. The zero-order chi connectivity index (χ0) is 15.4. The van der Waals surface area contributed by atoms with Crippen LogP contribution in [0, 0.1) is 0 Å². The number of ether oxygens (including phenoxy) is 1. The number of carbonyl (C=O) groups is 2. The number of benzene rings is 1. The molecule has 4 nitrogen and oxygen atoms in total. The first kappa shape index (κ1) is 15.5. The molecular weight excluding hydrogens is 310 g/mol. The van der Waals surface area contributed by atoms with Crippen molar-refractivity contribution in [2.24, 2.45) is 0 Å². The van der Waals surface area contributed by atoms with Gasteiger partial charge in [0.1, 0.15) is 4.88 Å². The number of rotatable bonds is 4. The molecule has 0 aliphatic carbocycles. The van der Waals surface area contributed by atoms with E-state index in [2.05, 4.69) is 0 Å². The summed E-state index contributed by atoms with van der Waals surface area (Å²) < 4.78 is 5.88. The van der Waals surface area contributed by atoms with Crippen molar-refractivity contribution in [2.75, 3.05) is 14.1 Å². The van der Waals surface area contributed by atoms with Crippen molar-refractivity contribution >= 4 is 34.8 Å². The molecule has 0 bridgehead atoms. The number of hydrogen-bond acceptors (Lipinski definition) is 4. The molecule has 21 heavy (non-hydrogen) atoms. The molecule has 0 unspecified atom stereocenters. The smallest absolute Gasteiger partial charge is 0.349 e. The van der Waals surface area contributed by atoms with Gasteiger partial charge in [-0.15, -0.1) is 11.3 Å². The van der Waals surface area contributed by atoms with E-state index >= 15 is 0 Å². The molecule has 2 aromatic rings. The first-order valence-electron chi connectivity index (χ1n) is 6.21. The third-order valence-corrected chi connectivity index (χ3v) is 3.98. The monoisotopic (exact) mass is 323 g/mol. The van der Waals surface area contributed by atoms with E-state index in [0.717, 1.165) is 11.3 Å². The molecule has 0 saturated carbocycles. The molecular formula is C15H14ClNO3S. The van der Waals surface area contributed by atoms with Gasteiger partial charge in [-0.1, -0.05) is 41.9 Å². The van der Waals surface area contributed by atoms with E-state index in [1.807, 2.05) is 6.07 Å². The maximum Gasteiger partial charge on any atom is 0.349 e. The van der Waals surface area contributed by atoms with Gasteiger partial charge < -0.3 is 9.64 Å². The van der Waals surface area contributed by atoms with Crippen molar-refractivity contribution in [3.8, 4) is 0 Å². The zero-order valence-corrected chi connectivity index (χ0v) is 13.1. The summed E-state index contributed by atoms with van der Waals surface area (Å²) in [5.41, 5.74) is 0.632. The molecule has 0 aliphatic heterocycles. The SMILES string of the molecule is CN(C)C(=O)[C@H](OC(=O)c1ccc(Cl)s1)c1ccccc1. The quantitative estimate of drug-likeness (QED) is 0.810. The minimum absolute atomic E-state index is 0.294. The summed E-state index contributed by atoms with van der Waals surface area (Å²) in [6, 6.07) is 12.1. The Labute approximate surface area is 131 Å². The lowest BCUT2D eigenvalue weighted by Gasteiger charge is -2.20. The van der Waals surface area contributed by atoms with E-state index in [0.29, 0.717) is 14.8 Å². The van der Waals surface area contributed by atoms with E-state index in [1.54, 1.807) is 50.5 Å². The average molecular weight is 324 g/mol. The summed E-state index contributed by atoms with van der Waals surface area (Å²) >= 11 is 6.93. The average Bonchev–Trinajstić information content (AvgIpc) is 2.91. The van der Waals surface area contributed by atoms with Crippen molar-refractivity contribution in [2.45, 2.75) is 6.10 Å². The molecule has 0 saturated heterocycles. The van der Waals surface area contributed by atoms with Crippen molar-refractivity contribution in [1.82, 2.24) is 4.90 Å². The summed E-state index contributed by atoms with van der Waals surface area (Å²) in [6.45, 7) is 0. The lowest BCUT2D eigenvalue weighted by atomic mass is 10.1. The van der Waals surface area contributed by atoms with Crippen LogP contribution in [0.1, 0.15) is 21.3 Å². The molecule has 1 atom stereocenters. The Morgan fingerprint density at radius 2 is 1.81 bits per heavy atom. The Kier molecular flexibility index (Phi) is 4.98. The van der Waals surface area contributed by atoms with E-state index in [1.165, 1.54) is 4.90 Å². The highest BCUT2D eigenvalue weighted by Crippen LogP contribution is 2.26. The third kappa shape index (κ3) is 3.83. The Hall–Kier alpha value is -1.85. The fraction of sp³-hybridized carbons (Fsp3) is 0.200. The second-order valence-electron chi connectivity index (χ2n) is 4.53. The standard InChI is InChI=1S/C15H14ClNO3S/c1-17(2)14(18)13(10-6-4-3-5-7-10)20-15(19)11-8-9-12(16)21-11/h3-9,13H,1-2H3/t13-/m1/s1. The summed E-state index contributed by atoms with van der Waals surface area (Å²) in [7, 11) is 3.24. The van der Waals surface area contributed by atoms with Gasteiger partial charge in [0.05, 0.1) is 4.34 Å². The van der Waals surface area contributed by atoms with Crippen molar-refractivity contribution in [3.63, 3.8) is 0 Å². The predicted molar refractivity (Wildman–Crippen MR) is 82.6 cm³/mol. The Bertz CT molecular complexity index is 639. The van der Waals surface area contributed by atoms with Gasteiger partial charge in [0.2, 0.25) is 6.10 Å². The highest BCUT2D eigenvalue weighted by atomic mass is 35.5. The molecule has 2 rings (SSSR count). The van der Waals surface area contributed by atoms with E-state index < -0.39 is 12.1 Å². The maximum absolute atomic E-state index is 12.2. The molecule has 0 spiro atoms. The molecule has 110 valence electrons. The first-order chi connectivity index (χ1) is 9.99. The molecule has 1 aromatic carbocycles. The molecule has 1 heterocycles. The van der Waals surface area contributed by atoms with Crippen LogP contribution in [0.5, 0.6) is 0 Å². The molecule has 0 radical (unpaired) electrons. The second kappa shape index (κ2) is 6.74. The van der Waals surface area contributed by atoms with Gasteiger partial charge in [-0.3, -0.25) is 4.79 Å². The van der Waals surface area contributed by atoms with Crippen LogP contribution in [0.2, 0.25) is 4.34 Å².